The summed E-state index contributed by atoms with van der Waals surface area (Å²) in [6, 6.07) is 0. The van der Waals surface area contributed by atoms with Crippen LogP contribution in [0.15, 0.2) is 9.59 Å². The molecule has 0 saturated heterocycles. The molecule has 0 aromatic carbocycles. The molecule has 8 nitrogen and oxygen atoms in total. The van der Waals surface area contributed by atoms with Gasteiger partial charge in [0.05, 0.1) is 0 Å². The van der Waals surface area contributed by atoms with Crippen molar-refractivity contribution in [2.45, 2.75) is 26.3 Å². The van der Waals surface area contributed by atoms with Gasteiger partial charge in [-0.05, 0) is 6.42 Å². The van der Waals surface area contributed by atoms with Crippen molar-refractivity contribution in [3.8, 4) is 0 Å². The second kappa shape index (κ2) is 4.95. The van der Waals surface area contributed by atoms with Crippen molar-refractivity contribution in [1.29, 1.82) is 0 Å². The van der Waals surface area contributed by atoms with Gasteiger partial charge in [-0.2, -0.15) is 0 Å². The molecule has 2 aromatic heterocycles. The van der Waals surface area contributed by atoms with E-state index in [2.05, 4.69) is 4.98 Å². The molecule has 0 aliphatic heterocycles. The minimum Gasteiger partial charge on any atom is -0.475 e. The highest BCUT2D eigenvalue weighted by molar-refractivity contribution is 5.88. The van der Waals surface area contributed by atoms with Gasteiger partial charge in [-0.25, -0.2) is 14.6 Å². The van der Waals surface area contributed by atoms with Crippen molar-refractivity contribution < 1.29 is 9.90 Å². The van der Waals surface area contributed by atoms with E-state index in [0.29, 0.717) is 6.54 Å². The third-order valence-electron chi connectivity index (χ3n) is 3.28. The van der Waals surface area contributed by atoms with Crippen molar-refractivity contribution in [2.75, 3.05) is 0 Å². The van der Waals surface area contributed by atoms with Gasteiger partial charge in [0.15, 0.2) is 11.2 Å². The van der Waals surface area contributed by atoms with E-state index < -0.39 is 17.2 Å². The van der Waals surface area contributed by atoms with Crippen LogP contribution in [-0.4, -0.2) is 29.8 Å². The first-order valence-corrected chi connectivity index (χ1v) is 6.29. The first-order chi connectivity index (χ1) is 9.40. The Morgan fingerprint density at radius 3 is 2.45 bits per heavy atom. The number of hydrogen-bond acceptors (Lipinski definition) is 4. The Balaban J connectivity index is 2.92. The number of aryl methyl sites for hydroxylation is 2. The third kappa shape index (κ3) is 1.93. The van der Waals surface area contributed by atoms with E-state index in [-0.39, 0.29) is 17.0 Å². The highest BCUT2D eigenvalue weighted by atomic mass is 16.4. The number of nitrogens with zero attached hydrogens (tertiary/aromatic N) is 4. The lowest BCUT2D eigenvalue weighted by molar-refractivity contribution is 0.0680. The Morgan fingerprint density at radius 2 is 1.90 bits per heavy atom. The van der Waals surface area contributed by atoms with Gasteiger partial charge in [0, 0.05) is 20.6 Å². The van der Waals surface area contributed by atoms with Crippen LogP contribution in [0.4, 0.5) is 0 Å². The summed E-state index contributed by atoms with van der Waals surface area (Å²) in [5, 5.41) is 9.08. The van der Waals surface area contributed by atoms with E-state index in [1.54, 1.807) is 0 Å². The minimum absolute atomic E-state index is 0.126. The second-order valence-electron chi connectivity index (χ2n) is 4.62. The fourth-order valence-corrected chi connectivity index (χ4v) is 2.14. The molecule has 2 heterocycles. The van der Waals surface area contributed by atoms with Gasteiger partial charge in [0.1, 0.15) is 0 Å². The van der Waals surface area contributed by atoms with Crippen LogP contribution >= 0.6 is 0 Å². The maximum Gasteiger partial charge on any atom is 0.372 e. The molecule has 8 heteroatoms. The van der Waals surface area contributed by atoms with Crippen LogP contribution < -0.4 is 11.2 Å². The minimum atomic E-state index is -1.24. The van der Waals surface area contributed by atoms with Crippen LogP contribution in [0.5, 0.6) is 0 Å². The number of carbonyl (C=O) groups is 1. The predicted molar refractivity (Wildman–Crippen MR) is 72.1 cm³/mol. The van der Waals surface area contributed by atoms with Crippen molar-refractivity contribution in [1.82, 2.24) is 18.7 Å². The lowest BCUT2D eigenvalue weighted by atomic mass is 10.3. The van der Waals surface area contributed by atoms with E-state index in [1.807, 2.05) is 6.92 Å². The Labute approximate surface area is 113 Å². The maximum absolute atomic E-state index is 12.1. The van der Waals surface area contributed by atoms with Gasteiger partial charge in [-0.1, -0.05) is 13.3 Å². The summed E-state index contributed by atoms with van der Waals surface area (Å²) in [4.78, 5) is 39.3. The van der Waals surface area contributed by atoms with Crippen LogP contribution in [-0.2, 0) is 20.6 Å². The summed E-state index contributed by atoms with van der Waals surface area (Å²) in [5.74, 6) is -1.49. The van der Waals surface area contributed by atoms with Crippen LogP contribution in [0.2, 0.25) is 0 Å². The zero-order valence-corrected chi connectivity index (χ0v) is 11.6. The number of imidazole rings is 1. The van der Waals surface area contributed by atoms with E-state index in [1.165, 1.54) is 23.2 Å². The van der Waals surface area contributed by atoms with E-state index >= 15 is 0 Å². The molecule has 2 rings (SSSR count). The molecule has 0 amide bonds. The number of carboxylic acids is 1. The van der Waals surface area contributed by atoms with Crippen molar-refractivity contribution in [3.05, 3.63) is 26.7 Å². The largest absolute Gasteiger partial charge is 0.475 e. The Morgan fingerprint density at radius 1 is 1.25 bits per heavy atom. The molecular weight excluding hydrogens is 264 g/mol. The average molecular weight is 280 g/mol. The van der Waals surface area contributed by atoms with Gasteiger partial charge in [-0.15, -0.1) is 0 Å². The molecule has 108 valence electrons. The summed E-state index contributed by atoms with van der Waals surface area (Å²) in [7, 11) is 2.83. The number of unbranched alkanes of at least 4 members (excludes halogenated alkanes) is 1. The van der Waals surface area contributed by atoms with Gasteiger partial charge in [-0.3, -0.25) is 13.9 Å². The number of rotatable bonds is 4. The van der Waals surface area contributed by atoms with Crippen molar-refractivity contribution >= 4 is 17.1 Å². The van der Waals surface area contributed by atoms with Gasteiger partial charge >= 0.3 is 11.7 Å². The summed E-state index contributed by atoms with van der Waals surface area (Å²) < 4.78 is 3.54. The Hall–Kier alpha value is -2.38. The standard InChI is InChI=1S/C12H16N4O4/c1-4-5-6-16-8-7(10(17)15(3)12(16)20)14(2)9(13-8)11(18)19/h4-6H2,1-3H3,(H,18,19). The molecule has 0 fully saturated rings. The summed E-state index contributed by atoms with van der Waals surface area (Å²) in [6.45, 7) is 2.38. The summed E-state index contributed by atoms with van der Waals surface area (Å²) in [5.41, 5.74) is -0.765. The topological polar surface area (TPSA) is 99.1 Å². The number of fused-ring (bicyclic) bond motifs is 1. The molecule has 0 aliphatic rings. The highest BCUT2D eigenvalue weighted by Gasteiger charge is 2.21. The normalized spacial score (nSPS) is 11.2. The summed E-state index contributed by atoms with van der Waals surface area (Å²) in [6.07, 6.45) is 1.61. The molecule has 0 unspecified atom stereocenters. The van der Waals surface area contributed by atoms with Gasteiger partial charge < -0.3 is 9.67 Å². The predicted octanol–water partition coefficient (Wildman–Crippen LogP) is -0.0680. The van der Waals surface area contributed by atoms with Gasteiger partial charge in [0.2, 0.25) is 5.82 Å². The molecule has 2 aromatic rings. The molecular formula is C12H16N4O4. The monoisotopic (exact) mass is 280 g/mol. The number of carboxylic acid groups (broad SMARTS) is 1. The second-order valence-corrected chi connectivity index (χ2v) is 4.62. The molecule has 0 saturated carbocycles. The molecule has 0 spiro atoms. The quantitative estimate of drug-likeness (QED) is 0.845. The summed E-state index contributed by atoms with van der Waals surface area (Å²) >= 11 is 0. The van der Waals surface area contributed by atoms with Crippen molar-refractivity contribution in [2.24, 2.45) is 14.1 Å². The molecule has 0 aliphatic carbocycles. The van der Waals surface area contributed by atoms with Crippen LogP contribution in [0, 0.1) is 0 Å². The van der Waals surface area contributed by atoms with E-state index in [4.69, 9.17) is 5.11 Å². The number of aromatic carboxylic acids is 1. The average Bonchev–Trinajstić information content (AvgIpc) is 2.74. The Kier molecular flexibility index (Phi) is 3.47. The number of aromatic nitrogens is 4. The molecule has 0 atom stereocenters. The SMILES string of the molecule is CCCCn1c(=O)n(C)c(=O)c2c1nc(C(=O)O)n2C. The third-order valence-corrected chi connectivity index (χ3v) is 3.28. The van der Waals surface area contributed by atoms with Gasteiger partial charge in [0.25, 0.3) is 5.56 Å². The fourth-order valence-electron chi connectivity index (χ4n) is 2.14. The molecule has 0 radical (unpaired) electrons. The molecule has 20 heavy (non-hydrogen) atoms. The van der Waals surface area contributed by atoms with E-state index in [9.17, 15) is 14.4 Å². The van der Waals surface area contributed by atoms with Crippen LogP contribution in [0.1, 0.15) is 30.4 Å². The lowest BCUT2D eigenvalue weighted by Gasteiger charge is -2.08. The zero-order chi connectivity index (χ0) is 15.0. The maximum atomic E-state index is 12.1. The lowest BCUT2D eigenvalue weighted by Crippen LogP contribution is -2.38. The highest BCUT2D eigenvalue weighted by Crippen LogP contribution is 2.10. The molecule has 0 bridgehead atoms. The number of hydrogen-bond donors (Lipinski definition) is 1. The Bertz CT molecular complexity index is 796. The van der Waals surface area contributed by atoms with Crippen LogP contribution in [0.3, 0.4) is 0 Å². The first kappa shape index (κ1) is 14.0. The van der Waals surface area contributed by atoms with E-state index in [0.717, 1.165) is 17.4 Å². The van der Waals surface area contributed by atoms with Crippen LogP contribution in [0.25, 0.3) is 11.2 Å². The first-order valence-electron chi connectivity index (χ1n) is 6.29. The molecule has 1 N–H and O–H groups in total. The van der Waals surface area contributed by atoms with Crippen molar-refractivity contribution in [3.63, 3.8) is 0 Å². The zero-order valence-electron chi connectivity index (χ0n) is 11.6. The fraction of sp³-hybridized carbons (Fsp3) is 0.500. The smallest absolute Gasteiger partial charge is 0.372 e.